The van der Waals surface area contributed by atoms with E-state index in [2.05, 4.69) is 42.5 Å². The van der Waals surface area contributed by atoms with E-state index in [0.29, 0.717) is 5.92 Å². The summed E-state index contributed by atoms with van der Waals surface area (Å²) in [6.07, 6.45) is 0.189. The lowest BCUT2D eigenvalue weighted by molar-refractivity contribution is 0.128. The summed E-state index contributed by atoms with van der Waals surface area (Å²) in [6, 6.07) is 4.16. The van der Waals surface area contributed by atoms with Gasteiger partial charge in [-0.1, -0.05) is 19.9 Å². The summed E-state index contributed by atoms with van der Waals surface area (Å²) in [4.78, 5) is 4.57. The molecule has 0 fully saturated rings. The van der Waals surface area contributed by atoms with Crippen LogP contribution in [0.2, 0.25) is 0 Å². The molecule has 0 aliphatic carbocycles. The maximum Gasteiger partial charge on any atom is 0.126 e. The summed E-state index contributed by atoms with van der Waals surface area (Å²) in [5.41, 5.74) is 2.33. The molecule has 0 aliphatic heterocycles. The lowest BCUT2D eigenvalue weighted by atomic mass is 10.2. The minimum absolute atomic E-state index is 0.189. The van der Waals surface area contributed by atoms with Gasteiger partial charge >= 0.3 is 0 Å². The number of aromatic nitrogens is 1. The van der Waals surface area contributed by atoms with E-state index in [1.54, 1.807) is 7.11 Å². The minimum atomic E-state index is 0.189. The fourth-order valence-electron chi connectivity index (χ4n) is 1.70. The zero-order valence-electron chi connectivity index (χ0n) is 12.8. The van der Waals surface area contributed by atoms with Gasteiger partial charge in [0.05, 0.1) is 6.10 Å². The Bertz CT molecular complexity index is 380. The number of rotatable bonds is 8. The quantitative estimate of drug-likeness (QED) is 0.758. The second-order valence-corrected chi connectivity index (χ2v) is 5.39. The molecule has 1 aromatic rings. The molecule has 1 heterocycles. The number of nitrogens with zero attached hydrogens (tertiary/aromatic N) is 1. The Hall–Kier alpha value is -1.13. The number of methoxy groups -OCH3 is 1. The van der Waals surface area contributed by atoms with Gasteiger partial charge in [0.1, 0.15) is 5.82 Å². The van der Waals surface area contributed by atoms with Crippen LogP contribution in [0, 0.1) is 12.8 Å². The van der Waals surface area contributed by atoms with Crippen LogP contribution in [0.5, 0.6) is 0 Å². The molecule has 0 amide bonds. The van der Waals surface area contributed by atoms with Crippen LogP contribution < -0.4 is 10.6 Å². The first-order valence-corrected chi connectivity index (χ1v) is 6.96. The van der Waals surface area contributed by atoms with Gasteiger partial charge in [0.15, 0.2) is 0 Å². The van der Waals surface area contributed by atoms with Crippen LogP contribution in [0.3, 0.4) is 0 Å². The number of nitrogens with one attached hydrogen (secondary N) is 2. The van der Waals surface area contributed by atoms with Gasteiger partial charge in [-0.2, -0.15) is 0 Å². The molecule has 4 heteroatoms. The van der Waals surface area contributed by atoms with Gasteiger partial charge in [-0.25, -0.2) is 4.98 Å². The average molecular weight is 265 g/mol. The SMILES string of the molecule is COC(C)CNc1ccc(CNCC(C)C)c(C)n1. The van der Waals surface area contributed by atoms with Crippen molar-refractivity contribution in [2.45, 2.75) is 40.3 Å². The van der Waals surface area contributed by atoms with Crippen LogP contribution in [-0.4, -0.2) is 31.3 Å². The highest BCUT2D eigenvalue weighted by atomic mass is 16.5. The van der Waals surface area contributed by atoms with Gasteiger partial charge in [-0.3, -0.25) is 0 Å². The summed E-state index contributed by atoms with van der Waals surface area (Å²) in [5.74, 6) is 1.58. The van der Waals surface area contributed by atoms with E-state index in [0.717, 1.165) is 31.1 Å². The number of pyridine rings is 1. The van der Waals surface area contributed by atoms with Crippen LogP contribution in [0.4, 0.5) is 5.82 Å². The Balaban J connectivity index is 2.49. The zero-order valence-corrected chi connectivity index (χ0v) is 12.8. The van der Waals surface area contributed by atoms with E-state index >= 15 is 0 Å². The number of hydrogen-bond acceptors (Lipinski definition) is 4. The third kappa shape index (κ3) is 6.03. The van der Waals surface area contributed by atoms with E-state index in [-0.39, 0.29) is 6.10 Å². The highest BCUT2D eigenvalue weighted by Gasteiger charge is 2.04. The molecular weight excluding hydrogens is 238 g/mol. The largest absolute Gasteiger partial charge is 0.380 e. The summed E-state index contributed by atoms with van der Waals surface area (Å²) < 4.78 is 5.20. The first-order valence-electron chi connectivity index (χ1n) is 6.96. The van der Waals surface area contributed by atoms with Crippen LogP contribution in [0.25, 0.3) is 0 Å². The Kier molecular flexibility index (Phi) is 6.81. The zero-order chi connectivity index (χ0) is 14.3. The molecule has 2 N–H and O–H groups in total. The molecule has 0 radical (unpaired) electrons. The van der Waals surface area contributed by atoms with Gasteiger partial charge in [0.2, 0.25) is 0 Å². The van der Waals surface area contributed by atoms with Gasteiger partial charge < -0.3 is 15.4 Å². The van der Waals surface area contributed by atoms with Crippen molar-refractivity contribution in [1.29, 1.82) is 0 Å². The van der Waals surface area contributed by atoms with Gasteiger partial charge in [0, 0.05) is 25.9 Å². The van der Waals surface area contributed by atoms with Crippen LogP contribution in [0.15, 0.2) is 12.1 Å². The minimum Gasteiger partial charge on any atom is -0.380 e. The van der Waals surface area contributed by atoms with Crippen LogP contribution in [0.1, 0.15) is 32.0 Å². The number of ether oxygens (including phenoxy) is 1. The molecule has 1 rings (SSSR count). The standard InChI is InChI=1S/C15H27N3O/c1-11(2)8-16-10-14-6-7-15(18-13(14)4)17-9-12(3)19-5/h6-7,11-12,16H,8-10H2,1-5H3,(H,17,18). The Morgan fingerprint density at radius 1 is 1.21 bits per heavy atom. The molecule has 1 atom stereocenters. The van der Waals surface area contributed by atoms with Crippen molar-refractivity contribution in [2.75, 3.05) is 25.5 Å². The Morgan fingerprint density at radius 3 is 2.53 bits per heavy atom. The van der Waals surface area contributed by atoms with E-state index in [1.807, 2.05) is 13.0 Å². The average Bonchev–Trinajstić information content (AvgIpc) is 2.37. The van der Waals surface area contributed by atoms with Crippen molar-refractivity contribution in [3.63, 3.8) is 0 Å². The van der Waals surface area contributed by atoms with E-state index in [4.69, 9.17) is 4.74 Å². The van der Waals surface area contributed by atoms with Crippen LogP contribution >= 0.6 is 0 Å². The molecule has 1 unspecified atom stereocenters. The molecule has 0 bridgehead atoms. The Labute approximate surface area is 117 Å². The molecule has 0 spiro atoms. The lowest BCUT2D eigenvalue weighted by Crippen LogP contribution is -2.20. The highest BCUT2D eigenvalue weighted by Crippen LogP contribution is 2.10. The van der Waals surface area contributed by atoms with Crippen molar-refractivity contribution in [1.82, 2.24) is 10.3 Å². The van der Waals surface area contributed by atoms with Crippen molar-refractivity contribution < 1.29 is 4.74 Å². The van der Waals surface area contributed by atoms with E-state index < -0.39 is 0 Å². The van der Waals surface area contributed by atoms with Crippen molar-refractivity contribution in [2.24, 2.45) is 5.92 Å². The summed E-state index contributed by atoms with van der Waals surface area (Å²) in [5, 5.41) is 6.72. The molecule has 0 saturated carbocycles. The molecule has 0 aliphatic rings. The summed E-state index contributed by atoms with van der Waals surface area (Å²) >= 11 is 0. The van der Waals surface area contributed by atoms with E-state index in [1.165, 1.54) is 5.56 Å². The number of anilines is 1. The predicted octanol–water partition coefficient (Wildman–Crippen LogP) is 2.58. The molecule has 4 nitrogen and oxygen atoms in total. The van der Waals surface area contributed by atoms with Crippen molar-refractivity contribution in [3.05, 3.63) is 23.4 Å². The third-order valence-corrected chi connectivity index (χ3v) is 3.04. The monoisotopic (exact) mass is 265 g/mol. The lowest BCUT2D eigenvalue weighted by Gasteiger charge is -2.13. The first kappa shape index (κ1) is 15.9. The molecule has 19 heavy (non-hydrogen) atoms. The summed E-state index contributed by atoms with van der Waals surface area (Å²) in [6.45, 7) is 11.2. The maximum absolute atomic E-state index is 5.20. The second-order valence-electron chi connectivity index (χ2n) is 5.39. The van der Waals surface area contributed by atoms with Gasteiger partial charge in [-0.05, 0) is 37.9 Å². The summed E-state index contributed by atoms with van der Waals surface area (Å²) in [7, 11) is 1.72. The fraction of sp³-hybridized carbons (Fsp3) is 0.667. The molecule has 1 aromatic heterocycles. The van der Waals surface area contributed by atoms with Crippen LogP contribution in [-0.2, 0) is 11.3 Å². The van der Waals surface area contributed by atoms with E-state index in [9.17, 15) is 0 Å². The number of hydrogen-bond donors (Lipinski definition) is 2. The Morgan fingerprint density at radius 2 is 1.95 bits per heavy atom. The van der Waals surface area contributed by atoms with Gasteiger partial charge in [0.25, 0.3) is 0 Å². The molecular formula is C15H27N3O. The van der Waals surface area contributed by atoms with Crippen molar-refractivity contribution in [3.8, 4) is 0 Å². The topological polar surface area (TPSA) is 46.2 Å². The molecule has 0 saturated heterocycles. The molecule has 0 aromatic carbocycles. The first-order chi connectivity index (χ1) is 9.02. The highest BCUT2D eigenvalue weighted by molar-refractivity contribution is 5.38. The normalized spacial score (nSPS) is 12.7. The molecule has 108 valence electrons. The van der Waals surface area contributed by atoms with Crippen molar-refractivity contribution >= 4 is 5.82 Å². The third-order valence-electron chi connectivity index (χ3n) is 3.04. The smallest absolute Gasteiger partial charge is 0.126 e. The van der Waals surface area contributed by atoms with Gasteiger partial charge in [-0.15, -0.1) is 0 Å². The second kappa shape index (κ2) is 8.12. The number of aryl methyl sites for hydroxylation is 1. The predicted molar refractivity (Wildman–Crippen MR) is 80.5 cm³/mol. The fourth-order valence-corrected chi connectivity index (χ4v) is 1.70. The maximum atomic E-state index is 5.20.